The first kappa shape index (κ1) is 6.70. The van der Waals surface area contributed by atoms with Crippen LogP contribution >= 0.6 is 11.6 Å². The van der Waals surface area contributed by atoms with Gasteiger partial charge < -0.3 is 0 Å². The molecule has 1 nitrogen and oxygen atoms in total. The van der Waals surface area contributed by atoms with Crippen molar-refractivity contribution in [2.45, 2.75) is 13.8 Å². The predicted molar refractivity (Wildman–Crippen MR) is 30.3 cm³/mol. The van der Waals surface area contributed by atoms with Crippen LogP contribution < -0.4 is 0 Å². The van der Waals surface area contributed by atoms with E-state index in [4.69, 9.17) is 11.6 Å². The molecule has 0 rings (SSSR count). The average molecular weight is 119 g/mol. The van der Waals surface area contributed by atoms with Crippen molar-refractivity contribution in [2.75, 3.05) is 0 Å². The van der Waals surface area contributed by atoms with Gasteiger partial charge in [-0.1, -0.05) is 11.6 Å². The first-order chi connectivity index (χ1) is 3.18. The van der Waals surface area contributed by atoms with Crippen LogP contribution in [0.1, 0.15) is 13.8 Å². The van der Waals surface area contributed by atoms with Gasteiger partial charge in [0.05, 0.1) is 0 Å². The van der Waals surface area contributed by atoms with Crippen LogP contribution in [-0.2, 0) is 4.79 Å². The number of allylic oxidation sites excluding steroid dienone is 1. The van der Waals surface area contributed by atoms with E-state index in [1.54, 1.807) is 6.92 Å². The normalized spacial score (nSPS) is 11.6. The van der Waals surface area contributed by atoms with Crippen molar-refractivity contribution in [3.8, 4) is 0 Å². The molecule has 0 unspecified atom stereocenters. The van der Waals surface area contributed by atoms with E-state index in [-0.39, 0.29) is 5.78 Å². The van der Waals surface area contributed by atoms with Gasteiger partial charge in [-0.05, 0) is 13.8 Å². The highest BCUT2D eigenvalue weighted by Gasteiger charge is 1.90. The van der Waals surface area contributed by atoms with Crippen molar-refractivity contribution in [1.29, 1.82) is 0 Å². The van der Waals surface area contributed by atoms with Gasteiger partial charge in [0, 0.05) is 11.1 Å². The number of carbonyl (C=O) groups is 1. The maximum Gasteiger partial charge on any atom is 0.156 e. The van der Waals surface area contributed by atoms with Gasteiger partial charge in [0.2, 0.25) is 0 Å². The molecule has 0 aromatic carbocycles. The zero-order chi connectivity index (χ0) is 5.86. The molecule has 0 amide bonds. The third-order valence-corrected chi connectivity index (χ3v) is 1.05. The molecule has 7 heavy (non-hydrogen) atoms. The number of halogens is 1. The first-order valence-corrected chi connectivity index (χ1v) is 2.40. The molecule has 0 saturated carbocycles. The van der Waals surface area contributed by atoms with Crippen LogP contribution in [0.25, 0.3) is 0 Å². The summed E-state index contributed by atoms with van der Waals surface area (Å²) in [5, 5.41) is 0. The molecule has 0 spiro atoms. The number of hydrogen-bond donors (Lipinski definition) is 0. The lowest BCUT2D eigenvalue weighted by molar-refractivity contribution is -0.113. The molecule has 0 fully saturated rings. The van der Waals surface area contributed by atoms with E-state index < -0.39 is 0 Å². The molecule has 40 valence electrons. The largest absolute Gasteiger partial charge is 0.295 e. The van der Waals surface area contributed by atoms with E-state index >= 15 is 0 Å². The fraction of sp³-hybridized carbons (Fsp3) is 0.400. The molecule has 0 bridgehead atoms. The maximum atomic E-state index is 10.2. The van der Waals surface area contributed by atoms with Crippen LogP contribution in [0.15, 0.2) is 11.1 Å². The molecule has 0 aromatic rings. The van der Waals surface area contributed by atoms with Crippen molar-refractivity contribution in [3.63, 3.8) is 0 Å². The van der Waals surface area contributed by atoms with Crippen molar-refractivity contribution in [3.05, 3.63) is 11.1 Å². The second-order valence-electron chi connectivity index (χ2n) is 1.35. The molecular weight excluding hydrogens is 112 g/mol. The second kappa shape index (κ2) is 2.80. The molecule has 0 atom stereocenters. The summed E-state index contributed by atoms with van der Waals surface area (Å²) >= 11 is 5.16. The number of rotatable bonds is 1. The van der Waals surface area contributed by atoms with Crippen molar-refractivity contribution >= 4 is 17.4 Å². The Bertz CT molecular complexity index is 105. The summed E-state index contributed by atoms with van der Waals surface area (Å²) in [7, 11) is 0. The fourth-order valence-corrected chi connectivity index (χ4v) is 0.230. The molecule has 0 radical (unpaired) electrons. The highest BCUT2D eigenvalue weighted by Crippen LogP contribution is 1.94. The standard InChI is InChI=1S/C5H7ClO/c1-4(3-6)5(2)7/h3H,1-2H3/b4-3-. The molecule has 2 heteroatoms. The van der Waals surface area contributed by atoms with Gasteiger partial charge in [0.1, 0.15) is 0 Å². The zero-order valence-corrected chi connectivity index (χ0v) is 5.12. The SMILES string of the molecule is CC(=O)/C(C)=C\Cl. The van der Waals surface area contributed by atoms with Crippen molar-refractivity contribution in [1.82, 2.24) is 0 Å². The lowest BCUT2D eigenvalue weighted by Gasteiger charge is -1.83. The van der Waals surface area contributed by atoms with Gasteiger partial charge in [-0.3, -0.25) is 4.79 Å². The monoisotopic (exact) mass is 118 g/mol. The third kappa shape index (κ3) is 2.40. The van der Waals surface area contributed by atoms with Gasteiger partial charge in [-0.25, -0.2) is 0 Å². The van der Waals surface area contributed by atoms with Crippen molar-refractivity contribution in [2.24, 2.45) is 0 Å². The summed E-state index contributed by atoms with van der Waals surface area (Å²) in [5.74, 6) is 0.0231. The molecule has 0 heterocycles. The second-order valence-corrected chi connectivity index (χ2v) is 1.57. The third-order valence-electron chi connectivity index (χ3n) is 0.719. The van der Waals surface area contributed by atoms with Crippen LogP contribution in [-0.4, -0.2) is 5.78 Å². The fourth-order valence-electron chi connectivity index (χ4n) is 0.0768. The highest BCUT2D eigenvalue weighted by atomic mass is 35.5. The van der Waals surface area contributed by atoms with Gasteiger partial charge in [-0.15, -0.1) is 0 Å². The molecule has 0 N–H and O–H groups in total. The Morgan fingerprint density at radius 3 is 2.00 bits per heavy atom. The van der Waals surface area contributed by atoms with E-state index in [0.29, 0.717) is 5.57 Å². The van der Waals surface area contributed by atoms with E-state index in [0.717, 1.165) is 0 Å². The smallest absolute Gasteiger partial charge is 0.156 e. The summed E-state index contributed by atoms with van der Waals surface area (Å²) < 4.78 is 0. The number of hydrogen-bond acceptors (Lipinski definition) is 1. The summed E-state index contributed by atoms with van der Waals surface area (Å²) in [5.41, 5.74) is 1.88. The average Bonchev–Trinajstić information content (AvgIpc) is 1.65. The minimum absolute atomic E-state index is 0.0231. The Balaban J connectivity index is 3.82. The Hall–Kier alpha value is -0.300. The summed E-state index contributed by atoms with van der Waals surface area (Å²) in [4.78, 5) is 10.2. The Morgan fingerprint density at radius 2 is 2.00 bits per heavy atom. The van der Waals surface area contributed by atoms with E-state index in [1.165, 1.54) is 12.5 Å². The number of ketones is 1. The lowest BCUT2D eigenvalue weighted by Crippen LogP contribution is -1.87. The predicted octanol–water partition coefficient (Wildman–Crippen LogP) is 1.72. The van der Waals surface area contributed by atoms with Crippen LogP contribution in [0, 0.1) is 0 Å². The zero-order valence-electron chi connectivity index (χ0n) is 4.36. The van der Waals surface area contributed by atoms with Crippen LogP contribution in [0.2, 0.25) is 0 Å². The minimum atomic E-state index is 0.0231. The topological polar surface area (TPSA) is 17.1 Å². The number of Topliss-reactive ketones (excluding diaryl/α,β-unsaturated/α-hetero) is 1. The van der Waals surface area contributed by atoms with Gasteiger partial charge >= 0.3 is 0 Å². The van der Waals surface area contributed by atoms with Gasteiger partial charge in [0.25, 0.3) is 0 Å². The Kier molecular flexibility index (Phi) is 2.68. The van der Waals surface area contributed by atoms with Crippen LogP contribution in [0.4, 0.5) is 0 Å². The molecule has 0 saturated heterocycles. The summed E-state index contributed by atoms with van der Waals surface area (Å²) in [6.45, 7) is 3.16. The van der Waals surface area contributed by atoms with Crippen LogP contribution in [0.5, 0.6) is 0 Å². The van der Waals surface area contributed by atoms with E-state index in [9.17, 15) is 4.79 Å². The Labute approximate surface area is 48.0 Å². The lowest BCUT2D eigenvalue weighted by atomic mass is 10.3. The molecule has 0 aromatic heterocycles. The van der Waals surface area contributed by atoms with Gasteiger partial charge in [0.15, 0.2) is 5.78 Å². The number of carbonyl (C=O) groups excluding carboxylic acids is 1. The minimum Gasteiger partial charge on any atom is -0.295 e. The van der Waals surface area contributed by atoms with E-state index in [1.807, 2.05) is 0 Å². The highest BCUT2D eigenvalue weighted by molar-refractivity contribution is 6.27. The van der Waals surface area contributed by atoms with Crippen LogP contribution in [0.3, 0.4) is 0 Å². The Morgan fingerprint density at radius 1 is 1.57 bits per heavy atom. The summed E-state index contributed by atoms with van der Waals surface area (Å²) in [6, 6.07) is 0. The molecule has 0 aliphatic carbocycles. The van der Waals surface area contributed by atoms with E-state index in [2.05, 4.69) is 0 Å². The molecule has 0 aliphatic heterocycles. The molecular formula is C5H7ClO. The maximum absolute atomic E-state index is 10.2. The van der Waals surface area contributed by atoms with Crippen molar-refractivity contribution < 1.29 is 4.79 Å². The first-order valence-electron chi connectivity index (χ1n) is 1.96. The van der Waals surface area contributed by atoms with Gasteiger partial charge in [-0.2, -0.15) is 0 Å². The summed E-state index contributed by atoms with van der Waals surface area (Å²) in [6.07, 6.45) is 0. The quantitative estimate of drug-likeness (QED) is 0.479. The molecule has 0 aliphatic rings.